The number of H-pyrrole nitrogens is 1. The molecule has 0 unspecified atom stereocenters. The molecule has 2 nitrogen and oxygen atoms in total. The fourth-order valence-corrected chi connectivity index (χ4v) is 4.21. The number of aromatic amines is 1. The van der Waals surface area contributed by atoms with Gasteiger partial charge in [-0.05, 0) is 60.2 Å². The van der Waals surface area contributed by atoms with Gasteiger partial charge in [0.15, 0.2) is 0 Å². The zero-order valence-corrected chi connectivity index (χ0v) is 20.5. The van der Waals surface area contributed by atoms with Crippen molar-refractivity contribution in [3.8, 4) is 0 Å². The molecule has 1 heterocycles. The lowest BCUT2D eigenvalue weighted by Crippen LogP contribution is -2.05. The van der Waals surface area contributed by atoms with Crippen molar-refractivity contribution in [2.24, 2.45) is 0 Å². The van der Waals surface area contributed by atoms with Crippen LogP contribution in [-0.2, 0) is 6.42 Å². The van der Waals surface area contributed by atoms with Crippen LogP contribution < -0.4 is 0 Å². The molecule has 1 N–H and O–H groups in total. The van der Waals surface area contributed by atoms with Gasteiger partial charge in [0.2, 0.25) is 0 Å². The largest absolute Gasteiger partial charge is 0.348 e. The molecule has 0 spiro atoms. The number of imidazole rings is 1. The lowest BCUT2D eigenvalue weighted by atomic mass is 9.81. The van der Waals surface area contributed by atoms with E-state index in [-0.39, 0.29) is 0 Å². The second-order valence-electron chi connectivity index (χ2n) is 8.04. The summed E-state index contributed by atoms with van der Waals surface area (Å²) in [5.41, 5.74) is 6.87. The van der Waals surface area contributed by atoms with Gasteiger partial charge in [0.1, 0.15) is 5.82 Å². The quantitative estimate of drug-likeness (QED) is 0.269. The second kappa shape index (κ2) is 12.5. The van der Waals surface area contributed by atoms with Crippen LogP contribution in [0.15, 0.2) is 89.7 Å². The highest BCUT2D eigenvalue weighted by Gasteiger charge is 2.16. The van der Waals surface area contributed by atoms with Crippen molar-refractivity contribution in [1.82, 2.24) is 9.97 Å². The van der Waals surface area contributed by atoms with E-state index in [1.54, 1.807) is 6.20 Å². The SMILES string of the molecule is Brc1ccc(Cc2ncc[nH]2)cc1.[B]CCCC(c1ccccc1C)c1ccccc1C. The van der Waals surface area contributed by atoms with Crippen LogP contribution in [0.5, 0.6) is 0 Å². The molecule has 0 saturated heterocycles. The van der Waals surface area contributed by atoms with Gasteiger partial charge in [-0.3, -0.25) is 0 Å². The maximum Gasteiger partial charge on any atom is 0.110 e. The third-order valence-electron chi connectivity index (χ3n) is 5.66. The summed E-state index contributed by atoms with van der Waals surface area (Å²) in [5.74, 6) is 1.47. The minimum atomic E-state index is 0.464. The minimum absolute atomic E-state index is 0.464. The predicted octanol–water partition coefficient (Wildman–Crippen LogP) is 7.57. The smallest absolute Gasteiger partial charge is 0.110 e. The molecule has 3 aromatic carbocycles. The van der Waals surface area contributed by atoms with E-state index in [9.17, 15) is 0 Å². The number of aromatic nitrogens is 2. The van der Waals surface area contributed by atoms with E-state index in [1.165, 1.54) is 27.8 Å². The molecular formula is C28H30BBrN2. The van der Waals surface area contributed by atoms with Crippen molar-refractivity contribution in [3.05, 3.63) is 123 Å². The summed E-state index contributed by atoms with van der Waals surface area (Å²) < 4.78 is 1.11. The van der Waals surface area contributed by atoms with E-state index in [0.717, 1.165) is 35.9 Å². The second-order valence-corrected chi connectivity index (χ2v) is 8.95. The molecule has 0 bridgehead atoms. The standard InChI is InChI=1S/C18H21B.C10H9BrN2/c1-14-8-3-5-10-16(14)18(12-7-13-19)17-11-6-4-9-15(17)2;11-9-3-1-8(2-4-9)7-10-12-5-6-13-10/h3-6,8-11,18H,7,12-13H2,1-2H3;1-6H,7H2,(H,12,13). The molecule has 0 fully saturated rings. The predicted molar refractivity (Wildman–Crippen MR) is 140 cm³/mol. The maximum absolute atomic E-state index is 5.71. The minimum Gasteiger partial charge on any atom is -0.348 e. The van der Waals surface area contributed by atoms with Gasteiger partial charge >= 0.3 is 0 Å². The highest BCUT2D eigenvalue weighted by molar-refractivity contribution is 9.10. The Morgan fingerprint density at radius 1 is 0.875 bits per heavy atom. The van der Waals surface area contributed by atoms with Crippen LogP contribution in [0.4, 0.5) is 0 Å². The van der Waals surface area contributed by atoms with Crippen LogP contribution in [0.3, 0.4) is 0 Å². The summed E-state index contributed by atoms with van der Waals surface area (Å²) in [5, 5.41) is 0. The van der Waals surface area contributed by atoms with Crippen molar-refractivity contribution in [2.75, 3.05) is 0 Å². The average molecular weight is 485 g/mol. The van der Waals surface area contributed by atoms with Crippen LogP contribution in [0.25, 0.3) is 0 Å². The number of nitrogens with one attached hydrogen (secondary N) is 1. The molecule has 1 aromatic heterocycles. The molecule has 0 aliphatic rings. The Bertz CT molecular complexity index is 1030. The monoisotopic (exact) mass is 484 g/mol. The zero-order valence-electron chi connectivity index (χ0n) is 18.9. The van der Waals surface area contributed by atoms with E-state index in [2.05, 4.69) is 100 Å². The van der Waals surface area contributed by atoms with Crippen LogP contribution >= 0.6 is 15.9 Å². The first kappa shape index (κ1) is 24.1. The van der Waals surface area contributed by atoms with Gasteiger partial charge in [-0.1, -0.05) is 89.3 Å². The van der Waals surface area contributed by atoms with Gasteiger partial charge in [-0.2, -0.15) is 0 Å². The maximum atomic E-state index is 5.71. The van der Waals surface area contributed by atoms with Crippen molar-refractivity contribution in [2.45, 2.75) is 45.3 Å². The van der Waals surface area contributed by atoms with E-state index >= 15 is 0 Å². The topological polar surface area (TPSA) is 28.7 Å². The molecule has 0 amide bonds. The van der Waals surface area contributed by atoms with E-state index in [4.69, 9.17) is 7.85 Å². The van der Waals surface area contributed by atoms with Crippen LogP contribution in [0.2, 0.25) is 6.32 Å². The Kier molecular flexibility index (Phi) is 9.36. The van der Waals surface area contributed by atoms with Gasteiger partial charge in [0, 0.05) is 29.2 Å². The van der Waals surface area contributed by atoms with Crippen molar-refractivity contribution < 1.29 is 0 Å². The number of halogens is 1. The number of benzene rings is 3. The third-order valence-corrected chi connectivity index (χ3v) is 6.19. The highest BCUT2D eigenvalue weighted by atomic mass is 79.9. The van der Waals surface area contributed by atoms with Crippen molar-refractivity contribution in [3.63, 3.8) is 0 Å². The fourth-order valence-electron chi connectivity index (χ4n) is 3.95. The molecule has 0 aliphatic carbocycles. The Hall–Kier alpha value is -2.59. The first-order valence-electron chi connectivity index (χ1n) is 11.1. The Balaban J connectivity index is 0.000000193. The third kappa shape index (κ3) is 6.96. The Morgan fingerprint density at radius 2 is 1.47 bits per heavy atom. The molecule has 162 valence electrons. The fraction of sp³-hybridized carbons (Fsp3) is 0.250. The van der Waals surface area contributed by atoms with Crippen LogP contribution in [-0.4, -0.2) is 17.8 Å². The summed E-state index contributed by atoms with van der Waals surface area (Å²) in [6.45, 7) is 4.39. The van der Waals surface area contributed by atoms with Gasteiger partial charge in [-0.15, -0.1) is 0 Å². The lowest BCUT2D eigenvalue weighted by Gasteiger charge is -2.21. The van der Waals surface area contributed by atoms with Crippen molar-refractivity contribution >= 4 is 23.8 Å². The molecule has 2 radical (unpaired) electrons. The average Bonchev–Trinajstić information content (AvgIpc) is 3.31. The summed E-state index contributed by atoms with van der Waals surface area (Å²) >= 11 is 3.40. The number of rotatable bonds is 7. The number of nitrogens with zero attached hydrogens (tertiary/aromatic N) is 1. The summed E-state index contributed by atoms with van der Waals surface area (Å²) in [4.78, 5) is 7.24. The molecule has 0 saturated carbocycles. The molecule has 0 aliphatic heterocycles. The van der Waals surface area contributed by atoms with E-state index in [1.807, 2.05) is 18.3 Å². The molecule has 4 aromatic rings. The molecule has 4 rings (SSSR count). The number of hydrogen-bond donors (Lipinski definition) is 1. The van der Waals surface area contributed by atoms with Gasteiger partial charge in [0.25, 0.3) is 0 Å². The summed E-state index contributed by atoms with van der Waals surface area (Å²) in [7, 11) is 5.71. The van der Waals surface area contributed by atoms with Crippen molar-refractivity contribution in [1.29, 1.82) is 0 Å². The Labute approximate surface area is 202 Å². The Morgan fingerprint density at radius 3 is 1.97 bits per heavy atom. The van der Waals surface area contributed by atoms with Crippen LogP contribution in [0, 0.1) is 13.8 Å². The van der Waals surface area contributed by atoms with Gasteiger partial charge < -0.3 is 4.98 Å². The van der Waals surface area contributed by atoms with Crippen LogP contribution in [0.1, 0.15) is 52.4 Å². The van der Waals surface area contributed by atoms with E-state index in [0.29, 0.717) is 5.92 Å². The molecule has 32 heavy (non-hydrogen) atoms. The normalized spacial score (nSPS) is 10.6. The zero-order chi connectivity index (χ0) is 22.8. The summed E-state index contributed by atoms with van der Waals surface area (Å²) in [6.07, 6.45) is 7.41. The number of hydrogen-bond acceptors (Lipinski definition) is 1. The summed E-state index contributed by atoms with van der Waals surface area (Å²) in [6, 6.07) is 25.6. The molecule has 4 heteroatoms. The number of aryl methyl sites for hydroxylation is 2. The lowest BCUT2D eigenvalue weighted by molar-refractivity contribution is 0.691. The van der Waals surface area contributed by atoms with Gasteiger partial charge in [-0.25, -0.2) is 4.98 Å². The van der Waals surface area contributed by atoms with E-state index < -0.39 is 0 Å². The molecule has 0 atom stereocenters. The highest BCUT2D eigenvalue weighted by Crippen LogP contribution is 2.33. The first-order valence-corrected chi connectivity index (χ1v) is 11.9. The van der Waals surface area contributed by atoms with Gasteiger partial charge in [0.05, 0.1) is 7.85 Å². The first-order chi connectivity index (χ1) is 15.6. The molecular weight excluding hydrogens is 455 g/mol.